The first kappa shape index (κ1) is 24.4. The summed E-state index contributed by atoms with van der Waals surface area (Å²) in [5.74, 6) is 1.51. The summed E-state index contributed by atoms with van der Waals surface area (Å²) in [7, 11) is 0. The van der Waals surface area contributed by atoms with Crippen LogP contribution in [-0.2, 0) is 9.47 Å². The SMILES string of the molecule is CC1(C)CC(O[C@@H]2O[C@H](CO)[C@@H](O)[C@@H](O)[C@H]2O)C[C@]2(C)[C@@H]1CC[C@@]13C[C@@H](CC[C@H]12)[C@](C)(O)C3. The largest absolute Gasteiger partial charge is 0.394 e. The van der Waals surface area contributed by atoms with E-state index in [9.17, 15) is 25.5 Å². The highest BCUT2D eigenvalue weighted by molar-refractivity contribution is 5.16. The molecule has 2 bridgehead atoms. The molecule has 5 aliphatic rings. The van der Waals surface area contributed by atoms with Crippen LogP contribution in [0.25, 0.3) is 0 Å². The molecule has 1 spiro atoms. The highest BCUT2D eigenvalue weighted by Gasteiger charge is 2.67. The van der Waals surface area contributed by atoms with Crippen LogP contribution in [0, 0.1) is 34.0 Å². The molecule has 1 heterocycles. The third-order valence-electron chi connectivity index (χ3n) is 10.8. The molecule has 5 fully saturated rings. The first-order valence-corrected chi connectivity index (χ1v) is 13.0. The van der Waals surface area contributed by atoms with Crippen molar-refractivity contribution < 1.29 is 35.0 Å². The minimum atomic E-state index is -1.42. The van der Waals surface area contributed by atoms with Crippen molar-refractivity contribution in [1.29, 1.82) is 0 Å². The van der Waals surface area contributed by atoms with Crippen molar-refractivity contribution in [1.82, 2.24) is 0 Å². The van der Waals surface area contributed by atoms with Crippen LogP contribution < -0.4 is 0 Å². The van der Waals surface area contributed by atoms with Gasteiger partial charge in [0.2, 0.25) is 0 Å². The van der Waals surface area contributed by atoms with Gasteiger partial charge in [-0.3, -0.25) is 0 Å². The molecular weight excluding hydrogens is 424 g/mol. The lowest BCUT2D eigenvalue weighted by Gasteiger charge is -2.65. The van der Waals surface area contributed by atoms with Crippen molar-refractivity contribution in [3.8, 4) is 0 Å². The monoisotopic (exact) mass is 468 g/mol. The average Bonchev–Trinajstić information content (AvgIpc) is 2.90. The molecule has 0 aromatic rings. The molecule has 1 saturated heterocycles. The van der Waals surface area contributed by atoms with Gasteiger partial charge in [-0.1, -0.05) is 20.8 Å². The fourth-order valence-electron chi connectivity index (χ4n) is 9.72. The number of fused-ring (bicyclic) bond motifs is 3. The number of aliphatic hydroxyl groups excluding tert-OH is 4. The summed E-state index contributed by atoms with van der Waals surface area (Å²) in [5, 5.41) is 51.6. The number of aliphatic hydroxyl groups is 5. The molecule has 4 saturated carbocycles. The number of hydrogen-bond acceptors (Lipinski definition) is 7. The van der Waals surface area contributed by atoms with E-state index in [0.29, 0.717) is 17.8 Å². The van der Waals surface area contributed by atoms with Gasteiger partial charge >= 0.3 is 0 Å². The molecule has 7 heteroatoms. The van der Waals surface area contributed by atoms with Crippen molar-refractivity contribution >= 4 is 0 Å². The molecule has 0 aromatic heterocycles. The van der Waals surface area contributed by atoms with Crippen LogP contribution in [0.5, 0.6) is 0 Å². The van der Waals surface area contributed by atoms with Crippen LogP contribution in [0.2, 0.25) is 0 Å². The van der Waals surface area contributed by atoms with Gasteiger partial charge in [0, 0.05) is 0 Å². The van der Waals surface area contributed by atoms with Gasteiger partial charge in [-0.2, -0.15) is 0 Å². The Labute approximate surface area is 197 Å². The lowest BCUT2D eigenvalue weighted by molar-refractivity contribution is -0.322. The highest BCUT2D eigenvalue weighted by Crippen LogP contribution is 2.73. The van der Waals surface area contributed by atoms with Crippen LogP contribution in [0.1, 0.15) is 79.1 Å². The van der Waals surface area contributed by atoms with E-state index in [0.717, 1.165) is 38.5 Å². The maximum Gasteiger partial charge on any atom is 0.186 e. The topological polar surface area (TPSA) is 120 Å². The Bertz CT molecular complexity index is 753. The fourth-order valence-corrected chi connectivity index (χ4v) is 9.72. The number of ether oxygens (including phenoxy) is 2. The average molecular weight is 469 g/mol. The Kier molecular flexibility index (Phi) is 5.81. The van der Waals surface area contributed by atoms with Gasteiger partial charge in [0.05, 0.1) is 18.3 Å². The predicted molar refractivity (Wildman–Crippen MR) is 121 cm³/mol. The third-order valence-corrected chi connectivity index (χ3v) is 10.8. The minimum absolute atomic E-state index is 0.0470. The van der Waals surface area contributed by atoms with Crippen molar-refractivity contribution in [2.45, 2.75) is 121 Å². The van der Waals surface area contributed by atoms with Crippen LogP contribution in [-0.4, -0.2) is 74.6 Å². The molecule has 190 valence electrons. The molecule has 12 atom stereocenters. The van der Waals surface area contributed by atoms with Gasteiger partial charge in [-0.15, -0.1) is 0 Å². The summed E-state index contributed by atoms with van der Waals surface area (Å²) in [6.45, 7) is 8.67. The van der Waals surface area contributed by atoms with E-state index in [1.807, 2.05) is 6.92 Å². The molecule has 0 amide bonds. The molecule has 1 unspecified atom stereocenters. The Balaban J connectivity index is 1.40. The highest BCUT2D eigenvalue weighted by atomic mass is 16.7. The third kappa shape index (κ3) is 3.64. The fraction of sp³-hybridized carbons (Fsp3) is 1.00. The van der Waals surface area contributed by atoms with Gasteiger partial charge in [-0.05, 0) is 92.3 Å². The van der Waals surface area contributed by atoms with Crippen LogP contribution in [0.3, 0.4) is 0 Å². The summed E-state index contributed by atoms with van der Waals surface area (Å²) in [6, 6.07) is 0. The van der Waals surface area contributed by atoms with E-state index < -0.39 is 42.9 Å². The maximum atomic E-state index is 11.1. The molecule has 0 aromatic carbocycles. The van der Waals surface area contributed by atoms with Crippen LogP contribution in [0.15, 0.2) is 0 Å². The molecule has 0 radical (unpaired) electrons. The second-order valence-electron chi connectivity index (χ2n) is 13.4. The molecule has 5 rings (SSSR count). The summed E-state index contributed by atoms with van der Waals surface area (Å²) < 4.78 is 12.0. The van der Waals surface area contributed by atoms with Gasteiger partial charge in [0.1, 0.15) is 24.4 Å². The van der Waals surface area contributed by atoms with Crippen molar-refractivity contribution in [2.75, 3.05) is 6.61 Å². The molecule has 4 aliphatic carbocycles. The Morgan fingerprint density at radius 2 is 1.61 bits per heavy atom. The van der Waals surface area contributed by atoms with Gasteiger partial charge in [0.25, 0.3) is 0 Å². The summed E-state index contributed by atoms with van der Waals surface area (Å²) in [5.41, 5.74) is -0.247. The smallest absolute Gasteiger partial charge is 0.186 e. The molecular formula is C26H44O7. The Hall–Kier alpha value is -0.280. The van der Waals surface area contributed by atoms with Crippen LogP contribution >= 0.6 is 0 Å². The van der Waals surface area contributed by atoms with E-state index in [4.69, 9.17) is 9.47 Å². The lowest BCUT2D eigenvalue weighted by atomic mass is 9.41. The lowest BCUT2D eigenvalue weighted by Crippen LogP contribution is -2.62. The van der Waals surface area contributed by atoms with Crippen molar-refractivity contribution in [2.24, 2.45) is 34.0 Å². The van der Waals surface area contributed by atoms with E-state index in [1.54, 1.807) is 0 Å². The van der Waals surface area contributed by atoms with Gasteiger partial charge in [-0.25, -0.2) is 0 Å². The quantitative estimate of drug-likeness (QED) is 0.402. The first-order valence-electron chi connectivity index (χ1n) is 13.0. The predicted octanol–water partition coefficient (Wildman–Crippen LogP) is 1.97. The summed E-state index contributed by atoms with van der Waals surface area (Å²) in [6.07, 6.45) is 1.97. The standard InChI is InChI=1S/C26H44O7/c1-23(2)10-15(32-22-21(30)20(29)19(28)16(12-27)33-22)11-24(3)17(23)7-8-26-9-14(5-6-18(24)26)25(4,31)13-26/h14-22,27-31H,5-13H2,1-4H3/t14-,15?,16-,17-,18+,19-,20-,21-,22-,24-,25-,26+/m1/s1. The number of hydrogen-bond donors (Lipinski definition) is 5. The number of rotatable bonds is 3. The second kappa shape index (κ2) is 7.86. The zero-order chi connectivity index (χ0) is 24.0. The van der Waals surface area contributed by atoms with E-state index >= 15 is 0 Å². The van der Waals surface area contributed by atoms with Gasteiger partial charge < -0.3 is 35.0 Å². The van der Waals surface area contributed by atoms with E-state index in [-0.39, 0.29) is 22.3 Å². The zero-order valence-electron chi connectivity index (χ0n) is 20.6. The summed E-state index contributed by atoms with van der Waals surface area (Å²) in [4.78, 5) is 0. The van der Waals surface area contributed by atoms with E-state index in [1.165, 1.54) is 12.8 Å². The second-order valence-corrected chi connectivity index (χ2v) is 13.4. The Morgan fingerprint density at radius 3 is 2.30 bits per heavy atom. The molecule has 5 N–H and O–H groups in total. The molecule has 1 aliphatic heterocycles. The Morgan fingerprint density at radius 1 is 0.879 bits per heavy atom. The zero-order valence-corrected chi connectivity index (χ0v) is 20.6. The summed E-state index contributed by atoms with van der Waals surface area (Å²) >= 11 is 0. The van der Waals surface area contributed by atoms with E-state index in [2.05, 4.69) is 20.8 Å². The molecule has 33 heavy (non-hydrogen) atoms. The normalized spacial score (nSPS) is 57.9. The van der Waals surface area contributed by atoms with Crippen molar-refractivity contribution in [3.05, 3.63) is 0 Å². The minimum Gasteiger partial charge on any atom is -0.394 e. The van der Waals surface area contributed by atoms with Crippen LogP contribution in [0.4, 0.5) is 0 Å². The maximum absolute atomic E-state index is 11.1. The first-order chi connectivity index (χ1) is 15.3. The van der Waals surface area contributed by atoms with Gasteiger partial charge in [0.15, 0.2) is 6.29 Å². The van der Waals surface area contributed by atoms with Crippen molar-refractivity contribution in [3.63, 3.8) is 0 Å². The molecule has 7 nitrogen and oxygen atoms in total.